The molecule has 0 saturated heterocycles. The number of carbonyl (C=O) groups is 2. The molecule has 0 N–H and O–H groups in total. The molecule has 0 aromatic heterocycles. The van der Waals surface area contributed by atoms with Gasteiger partial charge in [-0.3, -0.25) is 9.79 Å². The fraction of sp³-hybridized carbons (Fsp3) is 0.625. The summed E-state index contributed by atoms with van der Waals surface area (Å²) in [5, 5.41) is 0. The molecule has 0 aromatic carbocycles. The van der Waals surface area contributed by atoms with Crippen LogP contribution in [0.15, 0.2) is 4.99 Å². The Morgan fingerprint density at radius 3 is 2.50 bits per heavy atom. The van der Waals surface area contributed by atoms with Crippen molar-refractivity contribution in [2.45, 2.75) is 26.8 Å². The van der Waals surface area contributed by atoms with Crippen LogP contribution in [0.5, 0.6) is 0 Å². The minimum atomic E-state index is -0.845. The van der Waals surface area contributed by atoms with Crippen LogP contribution in [0.2, 0.25) is 0 Å². The van der Waals surface area contributed by atoms with Crippen LogP contribution in [0.25, 0.3) is 0 Å². The van der Waals surface area contributed by atoms with E-state index in [1.165, 1.54) is 0 Å². The van der Waals surface area contributed by atoms with Gasteiger partial charge in [0.25, 0.3) is 5.78 Å². The van der Waals surface area contributed by atoms with Gasteiger partial charge in [0.15, 0.2) is 0 Å². The van der Waals surface area contributed by atoms with Crippen molar-refractivity contribution in [3.05, 3.63) is 0 Å². The Morgan fingerprint density at radius 2 is 2.08 bits per heavy atom. The topological polar surface area (TPSA) is 55.7 Å². The molecule has 0 unspecified atom stereocenters. The molecule has 0 spiro atoms. The summed E-state index contributed by atoms with van der Waals surface area (Å²) in [6.07, 6.45) is 1.00. The third kappa shape index (κ3) is 4.60. The van der Waals surface area contributed by atoms with Crippen molar-refractivity contribution in [1.82, 2.24) is 0 Å². The average molecular weight is 171 g/mol. The fourth-order valence-electron chi connectivity index (χ4n) is 0.472. The molecule has 0 radical (unpaired) electrons. The Labute approximate surface area is 71.6 Å². The Morgan fingerprint density at radius 1 is 1.50 bits per heavy atom. The Balaban J connectivity index is 3.95. The lowest BCUT2D eigenvalue weighted by molar-refractivity contribution is -0.150. The van der Waals surface area contributed by atoms with E-state index in [9.17, 15) is 9.59 Å². The Bertz CT molecular complexity index is 196. The Hall–Kier alpha value is -1.19. The molecule has 4 heteroatoms. The summed E-state index contributed by atoms with van der Waals surface area (Å²) < 4.78 is 4.46. The molecule has 0 aliphatic carbocycles. The highest BCUT2D eigenvalue weighted by Gasteiger charge is 2.10. The third-order valence-corrected chi connectivity index (χ3v) is 0.967. The number of hydrogen-bond acceptors (Lipinski definition) is 4. The summed E-state index contributed by atoms with van der Waals surface area (Å²) in [5.41, 5.74) is 0. The van der Waals surface area contributed by atoms with Crippen molar-refractivity contribution in [3.63, 3.8) is 0 Å². The molecule has 0 bridgehead atoms. The van der Waals surface area contributed by atoms with E-state index in [1.54, 1.807) is 6.92 Å². The van der Waals surface area contributed by atoms with Gasteiger partial charge >= 0.3 is 5.97 Å². The molecule has 0 rings (SSSR count). The highest BCUT2D eigenvalue weighted by atomic mass is 16.5. The highest BCUT2D eigenvalue weighted by Crippen LogP contribution is 1.84. The number of Topliss-reactive ketones (excluding diaryl/α,β-unsaturated/α-hetero) is 1. The van der Waals surface area contributed by atoms with Crippen molar-refractivity contribution < 1.29 is 14.3 Å². The number of ketones is 1. The molecular weight excluding hydrogens is 158 g/mol. The zero-order chi connectivity index (χ0) is 9.56. The average Bonchev–Trinajstić information content (AvgIpc) is 2.00. The van der Waals surface area contributed by atoms with Crippen LogP contribution in [0.3, 0.4) is 0 Å². The number of aliphatic imine (C=N–C) groups is 1. The van der Waals surface area contributed by atoms with E-state index in [0.717, 1.165) is 6.21 Å². The molecule has 0 aliphatic rings. The molecular formula is C8H13NO3. The first-order valence-corrected chi connectivity index (χ1v) is 3.82. The SMILES string of the molecule is CCOC(=O)C(=O)C=NC(C)C. The molecule has 68 valence electrons. The van der Waals surface area contributed by atoms with Gasteiger partial charge in [-0.05, 0) is 20.8 Å². The molecule has 0 atom stereocenters. The van der Waals surface area contributed by atoms with Gasteiger partial charge in [-0.15, -0.1) is 0 Å². The first-order chi connectivity index (χ1) is 5.57. The second kappa shape index (κ2) is 5.46. The van der Waals surface area contributed by atoms with Gasteiger partial charge in [-0.2, -0.15) is 0 Å². The molecule has 0 fully saturated rings. The van der Waals surface area contributed by atoms with Gasteiger partial charge in [-0.1, -0.05) is 0 Å². The summed E-state index contributed by atoms with van der Waals surface area (Å²) in [6.45, 7) is 5.48. The summed E-state index contributed by atoms with van der Waals surface area (Å²) in [5.74, 6) is -1.55. The van der Waals surface area contributed by atoms with E-state index < -0.39 is 11.8 Å². The quantitative estimate of drug-likeness (QED) is 0.353. The van der Waals surface area contributed by atoms with E-state index in [2.05, 4.69) is 9.73 Å². The first-order valence-electron chi connectivity index (χ1n) is 3.82. The molecule has 0 aliphatic heterocycles. The first kappa shape index (κ1) is 10.8. The number of ether oxygens (including phenoxy) is 1. The maximum atomic E-state index is 10.8. The van der Waals surface area contributed by atoms with Crippen LogP contribution in [-0.4, -0.2) is 30.6 Å². The van der Waals surface area contributed by atoms with Gasteiger partial charge < -0.3 is 4.74 Å². The fourth-order valence-corrected chi connectivity index (χ4v) is 0.472. The van der Waals surface area contributed by atoms with E-state index in [1.807, 2.05) is 13.8 Å². The van der Waals surface area contributed by atoms with Crippen LogP contribution < -0.4 is 0 Å². The summed E-state index contributed by atoms with van der Waals surface area (Å²) in [4.78, 5) is 25.3. The number of hydrogen-bond donors (Lipinski definition) is 0. The predicted molar refractivity (Wildman–Crippen MR) is 45.3 cm³/mol. The van der Waals surface area contributed by atoms with Gasteiger partial charge in [0.2, 0.25) is 0 Å². The summed E-state index contributed by atoms with van der Waals surface area (Å²) in [7, 11) is 0. The van der Waals surface area contributed by atoms with E-state index in [0.29, 0.717) is 0 Å². The Kier molecular flexibility index (Phi) is 4.92. The van der Waals surface area contributed by atoms with Crippen LogP contribution in [-0.2, 0) is 14.3 Å². The lowest BCUT2D eigenvalue weighted by Crippen LogP contribution is -2.18. The largest absolute Gasteiger partial charge is 0.460 e. The van der Waals surface area contributed by atoms with Crippen LogP contribution in [0, 0.1) is 0 Å². The molecule has 12 heavy (non-hydrogen) atoms. The lowest BCUT2D eigenvalue weighted by atomic mass is 10.4. The normalized spacial score (nSPS) is 10.7. The van der Waals surface area contributed by atoms with Crippen molar-refractivity contribution in [2.75, 3.05) is 6.61 Å². The van der Waals surface area contributed by atoms with Gasteiger partial charge in [0, 0.05) is 6.04 Å². The minimum absolute atomic E-state index is 0.0170. The van der Waals surface area contributed by atoms with Crippen LogP contribution in [0.1, 0.15) is 20.8 Å². The number of rotatable bonds is 4. The van der Waals surface area contributed by atoms with E-state index >= 15 is 0 Å². The van der Waals surface area contributed by atoms with E-state index in [-0.39, 0.29) is 12.6 Å². The second-order valence-electron chi connectivity index (χ2n) is 2.46. The standard InChI is InChI=1S/C8H13NO3/c1-4-12-8(11)7(10)5-9-6(2)3/h5-6H,4H2,1-3H3. The third-order valence-electron chi connectivity index (χ3n) is 0.967. The predicted octanol–water partition coefficient (Wildman–Crippen LogP) is 0.598. The second-order valence-corrected chi connectivity index (χ2v) is 2.46. The summed E-state index contributed by atoms with van der Waals surface area (Å²) in [6, 6.07) is 0.0170. The van der Waals surface area contributed by atoms with Crippen molar-refractivity contribution in [1.29, 1.82) is 0 Å². The van der Waals surface area contributed by atoms with Crippen molar-refractivity contribution >= 4 is 18.0 Å². The minimum Gasteiger partial charge on any atom is -0.460 e. The molecule has 4 nitrogen and oxygen atoms in total. The highest BCUT2D eigenvalue weighted by molar-refractivity contribution is 6.56. The molecule has 0 heterocycles. The maximum Gasteiger partial charge on any atom is 0.380 e. The van der Waals surface area contributed by atoms with E-state index in [4.69, 9.17) is 0 Å². The van der Waals surface area contributed by atoms with Crippen molar-refractivity contribution in [2.24, 2.45) is 4.99 Å². The van der Waals surface area contributed by atoms with Gasteiger partial charge in [0.05, 0.1) is 12.8 Å². The maximum absolute atomic E-state index is 10.8. The zero-order valence-electron chi connectivity index (χ0n) is 7.53. The van der Waals surface area contributed by atoms with Gasteiger partial charge in [0.1, 0.15) is 0 Å². The van der Waals surface area contributed by atoms with Crippen LogP contribution >= 0.6 is 0 Å². The number of carbonyl (C=O) groups excluding carboxylic acids is 2. The van der Waals surface area contributed by atoms with Crippen molar-refractivity contribution in [3.8, 4) is 0 Å². The zero-order valence-corrected chi connectivity index (χ0v) is 7.53. The molecule has 0 amide bonds. The molecule has 0 saturated carbocycles. The monoisotopic (exact) mass is 171 g/mol. The number of esters is 1. The van der Waals surface area contributed by atoms with Crippen LogP contribution in [0.4, 0.5) is 0 Å². The van der Waals surface area contributed by atoms with Gasteiger partial charge in [-0.25, -0.2) is 4.79 Å². The summed E-state index contributed by atoms with van der Waals surface area (Å²) >= 11 is 0. The lowest BCUT2D eigenvalue weighted by Gasteiger charge is -1.96. The molecule has 0 aromatic rings. The smallest absolute Gasteiger partial charge is 0.380 e. The number of nitrogens with zero attached hydrogens (tertiary/aromatic N) is 1.